The van der Waals surface area contributed by atoms with E-state index in [4.69, 9.17) is 10.5 Å². The quantitative estimate of drug-likeness (QED) is 0.830. The minimum Gasteiger partial charge on any atom is -0.491 e. The van der Waals surface area contributed by atoms with Crippen molar-refractivity contribution in [1.82, 2.24) is 4.90 Å². The van der Waals surface area contributed by atoms with Crippen LogP contribution in [0.25, 0.3) is 0 Å². The molecule has 3 N–H and O–H groups in total. The zero-order valence-electron chi connectivity index (χ0n) is 12.3. The molecule has 2 rings (SSSR count). The van der Waals surface area contributed by atoms with E-state index in [1.165, 1.54) is 12.8 Å². The lowest BCUT2D eigenvalue weighted by molar-refractivity contribution is 0.0563. The Morgan fingerprint density at radius 2 is 2.15 bits per heavy atom. The molecule has 0 aliphatic carbocycles. The Kier molecular flexibility index (Phi) is 5.83. The fourth-order valence-corrected chi connectivity index (χ4v) is 2.55. The van der Waals surface area contributed by atoms with Crippen molar-refractivity contribution >= 4 is 0 Å². The minimum atomic E-state index is -0.440. The van der Waals surface area contributed by atoms with Gasteiger partial charge in [-0.05, 0) is 49.5 Å². The Hall–Kier alpha value is -1.10. The first kappa shape index (κ1) is 15.3. The predicted molar refractivity (Wildman–Crippen MR) is 80.7 cm³/mol. The standard InChI is InChI=1S/C16H26N2O2/c1-13-5-7-18(8-6-13)11-15(19)12-20-16-4-2-3-14(9-16)10-17/h2-4,9,13,15,19H,5-8,10-12,17H2,1H3. The number of aliphatic hydroxyl groups is 1. The van der Waals surface area contributed by atoms with E-state index in [-0.39, 0.29) is 0 Å². The van der Waals surface area contributed by atoms with Gasteiger partial charge in [-0.15, -0.1) is 0 Å². The fourth-order valence-electron chi connectivity index (χ4n) is 2.55. The van der Waals surface area contributed by atoms with Crippen LogP contribution in [0.3, 0.4) is 0 Å². The number of ether oxygens (including phenoxy) is 1. The normalized spacial score (nSPS) is 18.9. The van der Waals surface area contributed by atoms with Crippen molar-refractivity contribution < 1.29 is 9.84 Å². The van der Waals surface area contributed by atoms with Gasteiger partial charge < -0.3 is 20.5 Å². The van der Waals surface area contributed by atoms with Crippen LogP contribution in [0.5, 0.6) is 5.75 Å². The number of nitrogens with zero attached hydrogens (tertiary/aromatic N) is 1. The highest BCUT2D eigenvalue weighted by Gasteiger charge is 2.18. The molecule has 0 spiro atoms. The molecule has 0 amide bonds. The Bertz CT molecular complexity index is 403. The van der Waals surface area contributed by atoms with Crippen molar-refractivity contribution in [2.24, 2.45) is 11.7 Å². The number of rotatable bonds is 6. The fraction of sp³-hybridized carbons (Fsp3) is 0.625. The average Bonchev–Trinajstić information content (AvgIpc) is 2.48. The number of aliphatic hydroxyl groups excluding tert-OH is 1. The Labute approximate surface area is 121 Å². The zero-order chi connectivity index (χ0) is 14.4. The summed E-state index contributed by atoms with van der Waals surface area (Å²) in [6.07, 6.45) is 2.02. The smallest absolute Gasteiger partial charge is 0.119 e. The molecule has 4 heteroatoms. The van der Waals surface area contributed by atoms with Crippen LogP contribution in [0.1, 0.15) is 25.3 Å². The van der Waals surface area contributed by atoms with Crippen LogP contribution in [0.2, 0.25) is 0 Å². The summed E-state index contributed by atoms with van der Waals surface area (Å²) in [5, 5.41) is 10.1. The van der Waals surface area contributed by atoms with Crippen LogP contribution in [-0.4, -0.2) is 42.4 Å². The topological polar surface area (TPSA) is 58.7 Å². The molecule has 20 heavy (non-hydrogen) atoms. The summed E-state index contributed by atoms with van der Waals surface area (Å²) in [6.45, 7) is 6.00. The lowest BCUT2D eigenvalue weighted by Gasteiger charge is -2.31. The Balaban J connectivity index is 1.73. The molecule has 112 valence electrons. The van der Waals surface area contributed by atoms with E-state index in [1.807, 2.05) is 24.3 Å². The molecule has 0 bridgehead atoms. The second kappa shape index (κ2) is 7.62. The molecular formula is C16H26N2O2. The van der Waals surface area contributed by atoms with Crippen LogP contribution in [0.4, 0.5) is 0 Å². The van der Waals surface area contributed by atoms with Crippen molar-refractivity contribution in [2.75, 3.05) is 26.2 Å². The largest absolute Gasteiger partial charge is 0.491 e. The number of nitrogens with two attached hydrogens (primary N) is 1. The summed E-state index contributed by atoms with van der Waals surface area (Å²) in [5.74, 6) is 1.60. The van der Waals surface area contributed by atoms with Gasteiger partial charge in [-0.1, -0.05) is 19.1 Å². The van der Waals surface area contributed by atoms with Gasteiger partial charge in [0, 0.05) is 13.1 Å². The second-order valence-corrected chi connectivity index (χ2v) is 5.80. The van der Waals surface area contributed by atoms with E-state index in [0.717, 1.165) is 30.3 Å². The molecule has 1 atom stereocenters. The van der Waals surface area contributed by atoms with Gasteiger partial charge in [0.25, 0.3) is 0 Å². The lowest BCUT2D eigenvalue weighted by atomic mass is 9.99. The van der Waals surface area contributed by atoms with E-state index in [0.29, 0.717) is 19.7 Å². The van der Waals surface area contributed by atoms with Crippen LogP contribution in [0.15, 0.2) is 24.3 Å². The SMILES string of the molecule is CC1CCN(CC(O)COc2cccc(CN)c2)CC1. The van der Waals surface area contributed by atoms with Gasteiger partial charge in [-0.2, -0.15) is 0 Å². The summed E-state index contributed by atoms with van der Waals surface area (Å²) < 4.78 is 5.64. The molecule has 1 fully saturated rings. The second-order valence-electron chi connectivity index (χ2n) is 5.80. The third-order valence-electron chi connectivity index (χ3n) is 3.92. The Morgan fingerprint density at radius 3 is 2.85 bits per heavy atom. The molecule has 1 aliphatic rings. The molecule has 1 saturated heterocycles. The molecule has 1 aromatic rings. The Morgan fingerprint density at radius 1 is 1.40 bits per heavy atom. The number of β-amino-alcohol motifs (C(OH)–C–C–N with tert-alkyl or cyclic N) is 1. The lowest BCUT2D eigenvalue weighted by Crippen LogP contribution is -2.40. The summed E-state index contributed by atoms with van der Waals surface area (Å²) in [4.78, 5) is 2.32. The van der Waals surface area contributed by atoms with Crippen molar-refractivity contribution in [3.8, 4) is 5.75 Å². The predicted octanol–water partition coefficient (Wildman–Crippen LogP) is 1.62. The first-order chi connectivity index (χ1) is 9.67. The molecular weight excluding hydrogens is 252 g/mol. The van der Waals surface area contributed by atoms with Crippen molar-refractivity contribution in [1.29, 1.82) is 0 Å². The third-order valence-corrected chi connectivity index (χ3v) is 3.92. The molecule has 0 radical (unpaired) electrons. The van der Waals surface area contributed by atoms with Crippen molar-refractivity contribution in [3.05, 3.63) is 29.8 Å². The van der Waals surface area contributed by atoms with Crippen LogP contribution in [-0.2, 0) is 6.54 Å². The first-order valence-corrected chi connectivity index (χ1v) is 7.49. The summed E-state index contributed by atoms with van der Waals surface area (Å²) >= 11 is 0. The van der Waals surface area contributed by atoms with Crippen LogP contribution in [0, 0.1) is 5.92 Å². The maximum absolute atomic E-state index is 10.1. The highest BCUT2D eigenvalue weighted by Crippen LogP contribution is 2.17. The van der Waals surface area contributed by atoms with E-state index in [1.54, 1.807) is 0 Å². The number of piperidine rings is 1. The molecule has 0 aromatic heterocycles. The summed E-state index contributed by atoms with van der Waals surface area (Å²) in [5.41, 5.74) is 6.64. The van der Waals surface area contributed by atoms with Gasteiger partial charge in [0.2, 0.25) is 0 Å². The molecule has 1 aromatic carbocycles. The summed E-state index contributed by atoms with van der Waals surface area (Å²) in [7, 11) is 0. The van der Waals surface area contributed by atoms with E-state index >= 15 is 0 Å². The van der Waals surface area contributed by atoms with Crippen molar-refractivity contribution in [2.45, 2.75) is 32.4 Å². The number of likely N-dealkylation sites (tertiary alicyclic amines) is 1. The molecule has 1 unspecified atom stereocenters. The number of hydrogen-bond donors (Lipinski definition) is 2. The van der Waals surface area contributed by atoms with Gasteiger partial charge in [-0.3, -0.25) is 0 Å². The zero-order valence-corrected chi connectivity index (χ0v) is 12.3. The van der Waals surface area contributed by atoms with Gasteiger partial charge in [0.05, 0.1) is 0 Å². The third kappa shape index (κ3) is 4.78. The van der Waals surface area contributed by atoms with Gasteiger partial charge >= 0.3 is 0 Å². The maximum Gasteiger partial charge on any atom is 0.119 e. The maximum atomic E-state index is 10.1. The minimum absolute atomic E-state index is 0.333. The van der Waals surface area contributed by atoms with Gasteiger partial charge in [0.1, 0.15) is 18.5 Å². The van der Waals surface area contributed by atoms with E-state index in [2.05, 4.69) is 11.8 Å². The summed E-state index contributed by atoms with van der Waals surface area (Å²) in [6, 6.07) is 7.72. The molecule has 4 nitrogen and oxygen atoms in total. The van der Waals surface area contributed by atoms with Gasteiger partial charge in [0.15, 0.2) is 0 Å². The molecule has 1 aliphatic heterocycles. The molecule has 0 saturated carbocycles. The van der Waals surface area contributed by atoms with Crippen LogP contribution >= 0.6 is 0 Å². The van der Waals surface area contributed by atoms with E-state index < -0.39 is 6.10 Å². The van der Waals surface area contributed by atoms with Crippen LogP contribution < -0.4 is 10.5 Å². The number of hydrogen-bond acceptors (Lipinski definition) is 4. The number of benzene rings is 1. The molecule has 1 heterocycles. The highest BCUT2D eigenvalue weighted by molar-refractivity contribution is 5.28. The van der Waals surface area contributed by atoms with Crippen molar-refractivity contribution in [3.63, 3.8) is 0 Å². The van der Waals surface area contributed by atoms with Gasteiger partial charge in [-0.25, -0.2) is 0 Å². The highest BCUT2D eigenvalue weighted by atomic mass is 16.5. The monoisotopic (exact) mass is 278 g/mol. The first-order valence-electron chi connectivity index (χ1n) is 7.49. The average molecular weight is 278 g/mol. The van der Waals surface area contributed by atoms with E-state index in [9.17, 15) is 5.11 Å².